The highest BCUT2D eigenvalue weighted by molar-refractivity contribution is 5.96. The Morgan fingerprint density at radius 2 is 1.69 bits per heavy atom. The molecular weight excluding hydrogens is 328 g/mol. The molecule has 1 aromatic heterocycles. The molecule has 0 saturated heterocycles. The maximum Gasteiger partial charge on any atom is 0.272 e. The van der Waals surface area contributed by atoms with E-state index in [0.717, 1.165) is 12.1 Å². The molecule has 0 radical (unpaired) electrons. The van der Waals surface area contributed by atoms with E-state index in [1.165, 1.54) is 0 Å². The van der Waals surface area contributed by atoms with E-state index in [1.54, 1.807) is 23.1 Å². The molecule has 1 N–H and O–H groups in total. The molecule has 0 atom stereocenters. The second-order valence-electron chi connectivity index (χ2n) is 6.27. The van der Waals surface area contributed by atoms with Crippen molar-refractivity contribution in [2.45, 2.75) is 13.5 Å². The average Bonchev–Trinajstić information content (AvgIpc) is 2.66. The Hall–Kier alpha value is -2.73. The quantitative estimate of drug-likeness (QED) is 0.788. The summed E-state index contributed by atoms with van der Waals surface area (Å²) in [5, 5.41) is 2.81. The smallest absolute Gasteiger partial charge is 0.272 e. The van der Waals surface area contributed by atoms with Crippen molar-refractivity contribution in [3.63, 3.8) is 0 Å². The molecule has 0 aliphatic heterocycles. The SMILES string of the molecule is CCN(Cc1ccccc1)C(=O)c1cccc(C(=O)NCCN(C)C)n1. The van der Waals surface area contributed by atoms with Gasteiger partial charge in [-0.05, 0) is 38.7 Å². The summed E-state index contributed by atoms with van der Waals surface area (Å²) in [6, 6.07) is 14.8. The summed E-state index contributed by atoms with van der Waals surface area (Å²) >= 11 is 0. The summed E-state index contributed by atoms with van der Waals surface area (Å²) in [5.41, 5.74) is 1.59. The summed E-state index contributed by atoms with van der Waals surface area (Å²) < 4.78 is 0. The lowest BCUT2D eigenvalue weighted by Crippen LogP contribution is -2.33. The molecule has 0 unspecified atom stereocenters. The van der Waals surface area contributed by atoms with Crippen molar-refractivity contribution >= 4 is 11.8 Å². The Bertz CT molecular complexity index is 732. The van der Waals surface area contributed by atoms with Crippen LogP contribution in [0.15, 0.2) is 48.5 Å². The Balaban J connectivity index is 2.07. The van der Waals surface area contributed by atoms with Gasteiger partial charge < -0.3 is 15.1 Å². The van der Waals surface area contributed by atoms with Gasteiger partial charge in [0, 0.05) is 26.2 Å². The number of benzene rings is 1. The number of carbonyl (C=O) groups excluding carboxylic acids is 2. The number of pyridine rings is 1. The maximum atomic E-state index is 12.8. The summed E-state index contributed by atoms with van der Waals surface area (Å²) in [7, 11) is 3.88. The van der Waals surface area contributed by atoms with Crippen LogP contribution in [0.5, 0.6) is 0 Å². The van der Waals surface area contributed by atoms with Crippen LogP contribution < -0.4 is 5.32 Å². The first-order valence-corrected chi connectivity index (χ1v) is 8.74. The van der Waals surface area contributed by atoms with E-state index in [2.05, 4.69) is 10.3 Å². The second-order valence-corrected chi connectivity index (χ2v) is 6.27. The van der Waals surface area contributed by atoms with Crippen LogP contribution in [0.1, 0.15) is 33.5 Å². The first-order chi connectivity index (χ1) is 12.5. The van der Waals surface area contributed by atoms with Crippen LogP contribution in [0.2, 0.25) is 0 Å². The Labute approximate surface area is 154 Å². The van der Waals surface area contributed by atoms with Gasteiger partial charge in [-0.15, -0.1) is 0 Å². The van der Waals surface area contributed by atoms with E-state index in [-0.39, 0.29) is 23.2 Å². The van der Waals surface area contributed by atoms with Gasteiger partial charge in [0.1, 0.15) is 11.4 Å². The molecule has 0 bridgehead atoms. The third-order valence-corrected chi connectivity index (χ3v) is 3.93. The van der Waals surface area contributed by atoms with Gasteiger partial charge in [0.05, 0.1) is 0 Å². The predicted molar refractivity (Wildman–Crippen MR) is 102 cm³/mol. The molecule has 2 rings (SSSR count). The summed E-state index contributed by atoms with van der Waals surface area (Å²) in [4.78, 5) is 33.0. The Morgan fingerprint density at radius 1 is 1.00 bits per heavy atom. The standard InChI is InChI=1S/C20H26N4O2/c1-4-24(15-16-9-6-5-7-10-16)20(26)18-12-8-11-17(22-18)19(25)21-13-14-23(2)3/h5-12H,4,13-15H2,1-3H3,(H,21,25). The Morgan fingerprint density at radius 3 is 2.35 bits per heavy atom. The van der Waals surface area contributed by atoms with Crippen LogP contribution in [0.25, 0.3) is 0 Å². The van der Waals surface area contributed by atoms with Crippen LogP contribution >= 0.6 is 0 Å². The number of amides is 2. The minimum Gasteiger partial charge on any atom is -0.349 e. The highest BCUT2D eigenvalue weighted by Gasteiger charge is 2.17. The van der Waals surface area contributed by atoms with Crippen LogP contribution in [0.4, 0.5) is 0 Å². The van der Waals surface area contributed by atoms with Crippen LogP contribution in [0, 0.1) is 0 Å². The molecule has 1 aromatic carbocycles. The van der Waals surface area contributed by atoms with Gasteiger partial charge in [0.15, 0.2) is 0 Å². The molecular formula is C20H26N4O2. The van der Waals surface area contributed by atoms with Gasteiger partial charge in [-0.25, -0.2) is 4.98 Å². The van der Waals surface area contributed by atoms with E-state index in [1.807, 2.05) is 56.3 Å². The molecule has 6 nitrogen and oxygen atoms in total. The maximum absolute atomic E-state index is 12.8. The van der Waals surface area contributed by atoms with Crippen molar-refractivity contribution in [3.05, 3.63) is 65.5 Å². The number of nitrogens with one attached hydrogen (secondary N) is 1. The van der Waals surface area contributed by atoms with Gasteiger partial charge in [-0.3, -0.25) is 9.59 Å². The van der Waals surface area contributed by atoms with E-state index in [9.17, 15) is 9.59 Å². The second kappa shape index (κ2) is 9.68. The highest BCUT2D eigenvalue weighted by atomic mass is 16.2. The zero-order chi connectivity index (χ0) is 18.9. The molecule has 26 heavy (non-hydrogen) atoms. The summed E-state index contributed by atoms with van der Waals surface area (Å²) in [6.45, 7) is 4.27. The molecule has 138 valence electrons. The van der Waals surface area contributed by atoms with Gasteiger partial charge in [-0.2, -0.15) is 0 Å². The fourth-order valence-electron chi connectivity index (χ4n) is 2.46. The molecule has 0 saturated carbocycles. The number of likely N-dealkylation sites (N-methyl/N-ethyl adjacent to an activating group) is 1. The van der Waals surface area contributed by atoms with E-state index >= 15 is 0 Å². The number of nitrogens with zero attached hydrogens (tertiary/aromatic N) is 3. The molecule has 0 fully saturated rings. The minimum absolute atomic E-state index is 0.181. The van der Waals surface area contributed by atoms with Crippen molar-refractivity contribution in [2.75, 3.05) is 33.7 Å². The zero-order valence-electron chi connectivity index (χ0n) is 15.6. The molecule has 2 aromatic rings. The molecule has 6 heteroatoms. The van der Waals surface area contributed by atoms with Crippen molar-refractivity contribution in [3.8, 4) is 0 Å². The minimum atomic E-state index is -0.271. The number of aromatic nitrogens is 1. The van der Waals surface area contributed by atoms with Crippen molar-refractivity contribution < 1.29 is 9.59 Å². The highest BCUT2D eigenvalue weighted by Crippen LogP contribution is 2.09. The Kier molecular flexibility index (Phi) is 7.29. The van der Waals surface area contributed by atoms with E-state index < -0.39 is 0 Å². The van der Waals surface area contributed by atoms with Gasteiger partial charge in [0.25, 0.3) is 11.8 Å². The first-order valence-electron chi connectivity index (χ1n) is 8.74. The third-order valence-electron chi connectivity index (χ3n) is 3.93. The zero-order valence-corrected chi connectivity index (χ0v) is 15.6. The number of carbonyl (C=O) groups is 2. The molecule has 0 aliphatic rings. The van der Waals surface area contributed by atoms with Gasteiger partial charge in [-0.1, -0.05) is 36.4 Å². The van der Waals surface area contributed by atoms with Gasteiger partial charge >= 0.3 is 0 Å². The van der Waals surface area contributed by atoms with E-state index in [0.29, 0.717) is 19.6 Å². The monoisotopic (exact) mass is 354 g/mol. The number of rotatable bonds is 8. The molecule has 2 amide bonds. The summed E-state index contributed by atoms with van der Waals surface area (Å²) in [5.74, 6) is -0.452. The summed E-state index contributed by atoms with van der Waals surface area (Å²) in [6.07, 6.45) is 0. The lowest BCUT2D eigenvalue weighted by atomic mass is 10.2. The molecule has 0 aliphatic carbocycles. The van der Waals surface area contributed by atoms with Crippen molar-refractivity contribution in [2.24, 2.45) is 0 Å². The first kappa shape index (κ1) is 19.6. The number of hydrogen-bond donors (Lipinski definition) is 1. The normalized spacial score (nSPS) is 10.6. The predicted octanol–water partition coefficient (Wildman–Crippen LogP) is 2.04. The topological polar surface area (TPSA) is 65.5 Å². The number of hydrogen-bond acceptors (Lipinski definition) is 4. The average molecular weight is 354 g/mol. The van der Waals surface area contributed by atoms with E-state index in [4.69, 9.17) is 0 Å². The lowest BCUT2D eigenvalue weighted by Gasteiger charge is -2.20. The van der Waals surface area contributed by atoms with Crippen LogP contribution in [0.3, 0.4) is 0 Å². The van der Waals surface area contributed by atoms with Crippen molar-refractivity contribution in [1.82, 2.24) is 20.1 Å². The molecule has 1 heterocycles. The van der Waals surface area contributed by atoms with Crippen LogP contribution in [-0.4, -0.2) is 60.3 Å². The largest absolute Gasteiger partial charge is 0.349 e. The van der Waals surface area contributed by atoms with Crippen molar-refractivity contribution in [1.29, 1.82) is 0 Å². The van der Waals surface area contributed by atoms with Gasteiger partial charge in [0.2, 0.25) is 0 Å². The fraction of sp³-hybridized carbons (Fsp3) is 0.350. The molecule has 0 spiro atoms. The lowest BCUT2D eigenvalue weighted by molar-refractivity contribution is 0.0746. The fourth-order valence-corrected chi connectivity index (χ4v) is 2.46. The van der Waals surface area contributed by atoms with Crippen LogP contribution in [-0.2, 0) is 6.54 Å². The third kappa shape index (κ3) is 5.67.